The number of hydrogen-bond acceptors (Lipinski definition) is 11. The molecule has 0 unspecified atom stereocenters. The number of amides is 3. The van der Waals surface area contributed by atoms with Gasteiger partial charge < -0.3 is 40.6 Å². The molecule has 0 radical (unpaired) electrons. The quantitative estimate of drug-likeness (QED) is 0.0223. The van der Waals surface area contributed by atoms with Crippen LogP contribution in [0.2, 0.25) is 0 Å². The third-order valence-corrected chi connectivity index (χ3v) is 14.9. The minimum atomic E-state index is -4.13. The summed E-state index contributed by atoms with van der Waals surface area (Å²) in [5, 5.41) is 8.49. The molecule has 6 rings (SSSR count). The molecule has 0 saturated heterocycles. The SMILES string of the molecule is Cc1c(C)c(S(=O)(=O)NC(N)=NCCCC[C@H](NC(=O)[C@@H](NC(=O)[C@H](Cc2ccc(OCc3ccccc3)cc2)NC(=O)OC(C)(C)C)[C@@H](C)OCc2ccccc2)C(=O)Cc2ccccc2)c(C)c2c1OC(C)(C)CC2. The van der Waals surface area contributed by atoms with Crippen LogP contribution in [0.4, 0.5) is 4.79 Å². The summed E-state index contributed by atoms with van der Waals surface area (Å²) in [7, 11) is -4.13. The van der Waals surface area contributed by atoms with Crippen molar-refractivity contribution in [3.05, 3.63) is 160 Å². The minimum Gasteiger partial charge on any atom is -0.489 e. The van der Waals surface area contributed by atoms with E-state index in [0.29, 0.717) is 48.3 Å². The molecule has 77 heavy (non-hydrogen) atoms. The first-order valence-corrected chi connectivity index (χ1v) is 27.7. The number of benzene rings is 5. The van der Waals surface area contributed by atoms with E-state index in [0.717, 1.165) is 40.0 Å². The Labute approximate surface area is 454 Å². The van der Waals surface area contributed by atoms with Crippen molar-refractivity contribution in [3.63, 3.8) is 0 Å². The fourth-order valence-electron chi connectivity index (χ4n) is 9.03. The Morgan fingerprint density at radius 3 is 1.94 bits per heavy atom. The number of sulfonamides is 1. The Hall–Kier alpha value is -7.24. The van der Waals surface area contributed by atoms with E-state index in [-0.39, 0.29) is 54.7 Å². The van der Waals surface area contributed by atoms with Gasteiger partial charge in [0, 0.05) is 19.4 Å². The Kier molecular flexibility index (Phi) is 20.5. The van der Waals surface area contributed by atoms with Crippen molar-refractivity contribution < 1.29 is 46.5 Å². The predicted octanol–water partition coefficient (Wildman–Crippen LogP) is 8.58. The fourth-order valence-corrected chi connectivity index (χ4v) is 10.6. The first-order valence-electron chi connectivity index (χ1n) is 26.2. The zero-order valence-electron chi connectivity index (χ0n) is 45.9. The molecular formula is C60H76N6O10S. The van der Waals surface area contributed by atoms with E-state index in [9.17, 15) is 27.6 Å². The number of carbonyl (C=O) groups is 4. The van der Waals surface area contributed by atoms with Gasteiger partial charge in [0.15, 0.2) is 5.78 Å². The third kappa shape index (κ3) is 17.7. The number of fused-ring (bicyclic) bond motifs is 1. The molecule has 0 bridgehead atoms. The van der Waals surface area contributed by atoms with Crippen LogP contribution in [0.1, 0.15) is 112 Å². The summed E-state index contributed by atoms with van der Waals surface area (Å²) in [5.74, 6) is -0.605. The molecule has 1 aliphatic rings. The van der Waals surface area contributed by atoms with Crippen LogP contribution in [0.25, 0.3) is 0 Å². The molecule has 1 aliphatic heterocycles. The monoisotopic (exact) mass is 1070 g/mol. The summed E-state index contributed by atoms with van der Waals surface area (Å²) >= 11 is 0. The molecule has 412 valence electrons. The van der Waals surface area contributed by atoms with E-state index in [1.807, 2.05) is 112 Å². The van der Waals surface area contributed by atoms with Gasteiger partial charge in [-0.2, -0.15) is 0 Å². The van der Waals surface area contributed by atoms with Crippen molar-refractivity contribution >= 4 is 39.7 Å². The summed E-state index contributed by atoms with van der Waals surface area (Å²) in [4.78, 5) is 61.2. The van der Waals surface area contributed by atoms with Crippen molar-refractivity contribution in [2.75, 3.05) is 6.54 Å². The number of carbonyl (C=O) groups excluding carboxylic acids is 4. The van der Waals surface area contributed by atoms with E-state index >= 15 is 0 Å². The Morgan fingerprint density at radius 2 is 1.32 bits per heavy atom. The van der Waals surface area contributed by atoms with Crippen LogP contribution in [-0.2, 0) is 66.4 Å². The van der Waals surface area contributed by atoms with Gasteiger partial charge in [-0.3, -0.25) is 19.4 Å². The number of nitrogens with two attached hydrogens (primary N) is 1. The first kappa shape index (κ1) is 59.0. The van der Waals surface area contributed by atoms with Crippen molar-refractivity contribution in [1.82, 2.24) is 20.7 Å². The highest BCUT2D eigenvalue weighted by atomic mass is 32.2. The van der Waals surface area contributed by atoms with E-state index < -0.39 is 57.8 Å². The fraction of sp³-hybridized carbons (Fsp3) is 0.417. The highest BCUT2D eigenvalue weighted by Crippen LogP contribution is 2.42. The molecule has 3 amide bonds. The van der Waals surface area contributed by atoms with Gasteiger partial charge in [-0.15, -0.1) is 0 Å². The zero-order valence-corrected chi connectivity index (χ0v) is 46.7. The Morgan fingerprint density at radius 1 is 0.727 bits per heavy atom. The smallest absolute Gasteiger partial charge is 0.408 e. The van der Waals surface area contributed by atoms with Gasteiger partial charge in [-0.1, -0.05) is 103 Å². The van der Waals surface area contributed by atoms with Crippen molar-refractivity contribution in [2.24, 2.45) is 10.7 Å². The molecule has 0 saturated carbocycles. The van der Waals surface area contributed by atoms with Gasteiger partial charge >= 0.3 is 6.09 Å². The summed E-state index contributed by atoms with van der Waals surface area (Å²) in [6.07, 6.45) is 0.603. The number of alkyl carbamates (subject to hydrolysis) is 1. The second-order valence-corrected chi connectivity index (χ2v) is 22.9. The molecule has 0 fully saturated rings. The maximum absolute atomic E-state index is 14.7. The second-order valence-electron chi connectivity index (χ2n) is 21.2. The maximum Gasteiger partial charge on any atom is 0.408 e. The first-order chi connectivity index (χ1) is 36.5. The lowest BCUT2D eigenvalue weighted by atomic mass is 9.88. The lowest BCUT2D eigenvalue weighted by Crippen LogP contribution is -2.60. The number of nitrogens with one attached hydrogen (secondary N) is 4. The molecule has 5 aromatic rings. The summed E-state index contributed by atoms with van der Waals surface area (Å²) in [6.45, 7) is 16.8. The van der Waals surface area contributed by atoms with E-state index in [2.05, 4.69) is 25.7 Å². The average molecular weight is 1070 g/mol. The highest BCUT2D eigenvalue weighted by Gasteiger charge is 2.36. The van der Waals surface area contributed by atoms with Gasteiger partial charge in [0.2, 0.25) is 17.8 Å². The molecular weight excluding hydrogens is 997 g/mol. The third-order valence-electron chi connectivity index (χ3n) is 13.3. The predicted molar refractivity (Wildman–Crippen MR) is 298 cm³/mol. The molecule has 5 aromatic carbocycles. The molecule has 1 heterocycles. The van der Waals surface area contributed by atoms with Gasteiger partial charge in [0.25, 0.3) is 10.0 Å². The number of guanidine groups is 1. The number of aliphatic imine (C=N–C) groups is 1. The Bertz CT molecular complexity index is 2950. The largest absolute Gasteiger partial charge is 0.489 e. The molecule has 0 spiro atoms. The van der Waals surface area contributed by atoms with Gasteiger partial charge in [-0.05, 0) is 151 Å². The molecule has 4 atom stereocenters. The molecule has 16 nitrogen and oxygen atoms in total. The Balaban J connectivity index is 1.18. The number of ether oxygens (including phenoxy) is 4. The van der Waals surface area contributed by atoms with Crippen LogP contribution in [-0.4, -0.2) is 80.0 Å². The average Bonchev–Trinajstić information content (AvgIpc) is 3.40. The summed E-state index contributed by atoms with van der Waals surface area (Å²) in [6, 6.07) is 31.8. The van der Waals surface area contributed by atoms with Crippen LogP contribution < -0.4 is 35.9 Å². The van der Waals surface area contributed by atoms with Crippen molar-refractivity contribution in [3.8, 4) is 11.5 Å². The minimum absolute atomic E-state index is 0.0125. The number of unbranched alkanes of at least 4 members (excludes halogenated alkanes) is 1. The normalized spacial score (nSPS) is 14.8. The van der Waals surface area contributed by atoms with Gasteiger partial charge in [0.05, 0.1) is 23.6 Å². The second kappa shape index (κ2) is 26.7. The number of ketones is 1. The lowest BCUT2D eigenvalue weighted by molar-refractivity contribution is -0.136. The molecule has 0 aromatic heterocycles. The molecule has 6 N–H and O–H groups in total. The number of Topliss-reactive ketones (excluding diaryl/α,β-unsaturated/α-hetero) is 1. The van der Waals surface area contributed by atoms with Crippen molar-refractivity contribution in [2.45, 2.75) is 161 Å². The number of nitrogens with zero attached hydrogens (tertiary/aromatic N) is 1. The standard InChI is InChI=1S/C60H76N6O10S/c1-39-40(2)54(41(3)48-32-33-60(8,9)75-53(39)48)77(71,72)66-57(61)62-34-20-19-27-49(51(67)36-43-21-13-10-14-22-43)63-56(69)52(42(4)73-37-45-23-15-11-16-24-45)65-55(68)50(64-58(70)76-59(5,6)7)35-44-28-30-47(31-29-44)74-38-46-25-17-12-18-26-46/h10-18,21-26,28-31,42,49-50,52H,19-20,27,32-38H2,1-9H3,(H,63,69)(H,64,70)(H,65,68)(H3,61,62,66)/t42-,49+,50+,52+/m1/s1. The topological polar surface area (TPSA) is 226 Å². The van der Waals surface area contributed by atoms with Gasteiger partial charge in [0.1, 0.15) is 41.4 Å². The van der Waals surface area contributed by atoms with Gasteiger partial charge in [-0.25, -0.2) is 17.9 Å². The molecule has 17 heteroatoms. The summed E-state index contributed by atoms with van der Waals surface area (Å²) in [5.41, 5.74) is 11.0. The van der Waals surface area contributed by atoms with Crippen LogP contribution in [0, 0.1) is 20.8 Å². The van der Waals surface area contributed by atoms with Crippen LogP contribution in [0.3, 0.4) is 0 Å². The van der Waals surface area contributed by atoms with Crippen LogP contribution in [0.5, 0.6) is 11.5 Å². The van der Waals surface area contributed by atoms with Crippen LogP contribution in [0.15, 0.2) is 125 Å². The number of rotatable bonds is 24. The summed E-state index contributed by atoms with van der Waals surface area (Å²) < 4.78 is 54.3. The zero-order chi connectivity index (χ0) is 55.9. The number of hydrogen-bond donors (Lipinski definition) is 5. The van der Waals surface area contributed by atoms with E-state index in [1.54, 1.807) is 65.8 Å². The van der Waals surface area contributed by atoms with Crippen LogP contribution >= 0.6 is 0 Å². The lowest BCUT2D eigenvalue weighted by Gasteiger charge is -2.35. The van der Waals surface area contributed by atoms with E-state index in [4.69, 9.17) is 24.7 Å². The van der Waals surface area contributed by atoms with E-state index in [1.165, 1.54) is 0 Å². The highest BCUT2D eigenvalue weighted by molar-refractivity contribution is 7.90. The molecule has 0 aliphatic carbocycles. The maximum atomic E-state index is 14.7. The van der Waals surface area contributed by atoms with Crippen molar-refractivity contribution in [1.29, 1.82) is 0 Å².